The highest BCUT2D eigenvalue weighted by Gasteiger charge is 2.01. The van der Waals surface area contributed by atoms with Crippen LogP contribution in [0.4, 0.5) is 0 Å². The third-order valence-corrected chi connectivity index (χ3v) is 3.71. The summed E-state index contributed by atoms with van der Waals surface area (Å²) in [4.78, 5) is 4.23. The van der Waals surface area contributed by atoms with Crippen LogP contribution in [0.15, 0.2) is 45.5 Å². The standard InChI is InChI=1S/C11H6Br2N/c12-9-5-4-8(7-10(9)13)11-3-1-2-6-14-11/h1,3-7H. The molecule has 2 aromatic rings. The van der Waals surface area contributed by atoms with Gasteiger partial charge in [-0.1, -0.05) is 12.1 Å². The molecule has 1 radical (unpaired) electrons. The molecular weight excluding hydrogens is 306 g/mol. The van der Waals surface area contributed by atoms with Crippen LogP contribution < -0.4 is 0 Å². The summed E-state index contributed by atoms with van der Waals surface area (Å²) in [6, 6.07) is 12.8. The molecule has 1 nitrogen and oxygen atoms in total. The van der Waals surface area contributed by atoms with E-state index in [9.17, 15) is 0 Å². The van der Waals surface area contributed by atoms with Crippen molar-refractivity contribution in [2.75, 3.05) is 0 Å². The molecule has 0 saturated carbocycles. The molecule has 1 aromatic heterocycles. The van der Waals surface area contributed by atoms with Crippen molar-refractivity contribution in [1.29, 1.82) is 0 Å². The van der Waals surface area contributed by atoms with Crippen molar-refractivity contribution in [2.45, 2.75) is 0 Å². The first-order valence-corrected chi connectivity index (χ1v) is 5.63. The van der Waals surface area contributed by atoms with E-state index in [0.717, 1.165) is 20.2 Å². The summed E-state index contributed by atoms with van der Waals surface area (Å²) in [7, 11) is 0. The largest absolute Gasteiger partial charge is 0.256 e. The zero-order valence-corrected chi connectivity index (χ0v) is 10.3. The van der Waals surface area contributed by atoms with Gasteiger partial charge in [-0.25, -0.2) is 0 Å². The van der Waals surface area contributed by atoms with Gasteiger partial charge in [-0.15, -0.1) is 0 Å². The molecule has 0 bridgehead atoms. The quantitative estimate of drug-likeness (QED) is 0.773. The van der Waals surface area contributed by atoms with Crippen LogP contribution in [-0.4, -0.2) is 4.98 Å². The molecule has 0 N–H and O–H groups in total. The number of hydrogen-bond acceptors (Lipinski definition) is 1. The van der Waals surface area contributed by atoms with Crippen molar-refractivity contribution in [3.8, 4) is 11.3 Å². The molecule has 0 unspecified atom stereocenters. The Balaban J connectivity index is 2.48. The Morgan fingerprint density at radius 3 is 2.57 bits per heavy atom. The third kappa shape index (κ3) is 2.04. The lowest BCUT2D eigenvalue weighted by Gasteiger charge is -2.01. The van der Waals surface area contributed by atoms with E-state index < -0.39 is 0 Å². The fourth-order valence-corrected chi connectivity index (χ4v) is 1.77. The average Bonchev–Trinajstić information content (AvgIpc) is 2.23. The predicted molar refractivity (Wildman–Crippen MR) is 63.9 cm³/mol. The van der Waals surface area contributed by atoms with E-state index in [1.54, 1.807) is 6.20 Å². The van der Waals surface area contributed by atoms with Crippen LogP contribution in [0.25, 0.3) is 11.3 Å². The van der Waals surface area contributed by atoms with Crippen molar-refractivity contribution in [2.24, 2.45) is 0 Å². The predicted octanol–water partition coefficient (Wildman–Crippen LogP) is 4.07. The van der Waals surface area contributed by atoms with Crippen molar-refractivity contribution in [3.63, 3.8) is 0 Å². The molecule has 0 fully saturated rings. The lowest BCUT2D eigenvalue weighted by molar-refractivity contribution is 1.32. The van der Waals surface area contributed by atoms with Crippen LogP contribution in [0.2, 0.25) is 0 Å². The summed E-state index contributed by atoms with van der Waals surface area (Å²) < 4.78 is 2.08. The van der Waals surface area contributed by atoms with Crippen LogP contribution in [0.5, 0.6) is 0 Å². The minimum Gasteiger partial charge on any atom is -0.256 e. The van der Waals surface area contributed by atoms with E-state index in [1.807, 2.05) is 30.3 Å². The maximum Gasteiger partial charge on any atom is 0.0702 e. The Morgan fingerprint density at radius 2 is 1.93 bits per heavy atom. The molecule has 14 heavy (non-hydrogen) atoms. The summed E-state index contributed by atoms with van der Waals surface area (Å²) in [6.07, 6.45) is 1.67. The maximum atomic E-state index is 4.23. The minimum atomic E-state index is 0.956. The second-order valence-electron chi connectivity index (χ2n) is 2.77. The van der Waals surface area contributed by atoms with Gasteiger partial charge in [0.05, 0.1) is 5.69 Å². The van der Waals surface area contributed by atoms with Crippen molar-refractivity contribution < 1.29 is 0 Å². The smallest absolute Gasteiger partial charge is 0.0702 e. The summed E-state index contributed by atoms with van der Waals surface area (Å²) in [5, 5.41) is 0. The highest BCUT2D eigenvalue weighted by molar-refractivity contribution is 9.13. The van der Waals surface area contributed by atoms with Crippen LogP contribution in [-0.2, 0) is 0 Å². The molecule has 0 aliphatic carbocycles. The number of aromatic nitrogens is 1. The first-order chi connectivity index (χ1) is 6.77. The lowest BCUT2D eigenvalue weighted by atomic mass is 10.1. The monoisotopic (exact) mass is 310 g/mol. The Labute approximate surface area is 99.4 Å². The van der Waals surface area contributed by atoms with E-state index in [1.165, 1.54) is 0 Å². The first kappa shape index (κ1) is 9.87. The summed E-state index contributed by atoms with van der Waals surface area (Å²) in [5.74, 6) is 0. The Morgan fingerprint density at radius 1 is 1.07 bits per heavy atom. The van der Waals surface area contributed by atoms with Crippen LogP contribution >= 0.6 is 31.9 Å². The Kier molecular flexibility index (Phi) is 2.99. The second-order valence-corrected chi connectivity index (χ2v) is 4.48. The molecule has 0 amide bonds. The second kappa shape index (κ2) is 4.24. The number of nitrogens with zero attached hydrogens (tertiary/aromatic N) is 1. The zero-order valence-electron chi connectivity index (χ0n) is 7.17. The SMILES string of the molecule is Brc1ccc(-c2cc[c]cn2)cc1Br. The Bertz CT molecular complexity index is 440. The van der Waals surface area contributed by atoms with Gasteiger partial charge < -0.3 is 0 Å². The summed E-state index contributed by atoms with van der Waals surface area (Å²) >= 11 is 6.89. The number of benzene rings is 1. The molecule has 0 saturated heterocycles. The number of hydrogen-bond donors (Lipinski definition) is 0. The third-order valence-electron chi connectivity index (χ3n) is 1.83. The van der Waals surface area contributed by atoms with Crippen molar-refractivity contribution in [1.82, 2.24) is 4.98 Å². The number of pyridine rings is 1. The average molecular weight is 312 g/mol. The molecule has 0 atom stereocenters. The van der Waals surface area contributed by atoms with E-state index >= 15 is 0 Å². The van der Waals surface area contributed by atoms with Crippen LogP contribution in [0, 0.1) is 6.07 Å². The van der Waals surface area contributed by atoms with Crippen LogP contribution in [0.3, 0.4) is 0 Å². The normalized spacial score (nSPS) is 10.1. The van der Waals surface area contributed by atoms with Gasteiger partial charge in [-0.3, -0.25) is 4.98 Å². The molecule has 0 spiro atoms. The molecule has 0 aliphatic rings. The van der Waals surface area contributed by atoms with Gasteiger partial charge in [-0.05, 0) is 50.1 Å². The van der Waals surface area contributed by atoms with Gasteiger partial charge in [0.25, 0.3) is 0 Å². The molecule has 69 valence electrons. The summed E-state index contributed by atoms with van der Waals surface area (Å²) in [5.41, 5.74) is 2.05. The molecule has 1 heterocycles. The van der Waals surface area contributed by atoms with Gasteiger partial charge in [0.2, 0.25) is 0 Å². The van der Waals surface area contributed by atoms with E-state index in [-0.39, 0.29) is 0 Å². The maximum absolute atomic E-state index is 4.23. The number of rotatable bonds is 1. The van der Waals surface area contributed by atoms with Crippen molar-refractivity contribution in [3.05, 3.63) is 51.5 Å². The van der Waals surface area contributed by atoms with E-state index in [4.69, 9.17) is 0 Å². The van der Waals surface area contributed by atoms with E-state index in [2.05, 4.69) is 42.9 Å². The van der Waals surface area contributed by atoms with E-state index in [0.29, 0.717) is 0 Å². The molecule has 0 aliphatic heterocycles. The van der Waals surface area contributed by atoms with Gasteiger partial charge >= 0.3 is 0 Å². The van der Waals surface area contributed by atoms with Gasteiger partial charge in [0.15, 0.2) is 0 Å². The highest BCUT2D eigenvalue weighted by Crippen LogP contribution is 2.27. The molecule has 3 heteroatoms. The molecular formula is C11H6Br2N. The zero-order chi connectivity index (χ0) is 9.97. The Hall–Kier alpha value is -0.670. The number of halogens is 2. The fraction of sp³-hybridized carbons (Fsp3) is 0. The summed E-state index contributed by atoms with van der Waals surface area (Å²) in [6.45, 7) is 0. The molecule has 2 rings (SSSR count). The molecule has 1 aromatic carbocycles. The van der Waals surface area contributed by atoms with Crippen molar-refractivity contribution >= 4 is 31.9 Å². The van der Waals surface area contributed by atoms with Gasteiger partial charge in [-0.2, -0.15) is 0 Å². The first-order valence-electron chi connectivity index (χ1n) is 4.05. The van der Waals surface area contributed by atoms with Crippen LogP contribution in [0.1, 0.15) is 0 Å². The minimum absolute atomic E-state index is 0.956. The van der Waals surface area contributed by atoms with Gasteiger partial charge in [0.1, 0.15) is 0 Å². The fourth-order valence-electron chi connectivity index (χ4n) is 1.15. The highest BCUT2D eigenvalue weighted by atomic mass is 79.9. The van der Waals surface area contributed by atoms with Gasteiger partial charge in [0, 0.05) is 26.8 Å². The lowest BCUT2D eigenvalue weighted by Crippen LogP contribution is -1.82. The topological polar surface area (TPSA) is 12.9 Å².